The summed E-state index contributed by atoms with van der Waals surface area (Å²) in [5.41, 5.74) is 1.85. The minimum absolute atomic E-state index is 0.00632. The van der Waals surface area contributed by atoms with E-state index in [-0.39, 0.29) is 18.6 Å². The van der Waals surface area contributed by atoms with Gasteiger partial charge in [-0.25, -0.2) is 0 Å². The van der Waals surface area contributed by atoms with Gasteiger partial charge < -0.3 is 15.0 Å². The first kappa shape index (κ1) is 12.5. The lowest BCUT2D eigenvalue weighted by Crippen LogP contribution is -2.53. The lowest BCUT2D eigenvalue weighted by molar-refractivity contribution is -0.139. The number of benzene rings is 1. The van der Waals surface area contributed by atoms with Gasteiger partial charge in [0.25, 0.3) is 0 Å². The Morgan fingerprint density at radius 1 is 1.53 bits per heavy atom. The van der Waals surface area contributed by atoms with Crippen LogP contribution in [0.25, 0.3) is 10.9 Å². The highest BCUT2D eigenvalue weighted by atomic mass is 35.5. The molecule has 0 spiro atoms. The number of likely N-dealkylation sites (tertiary alicyclic amines) is 1. The van der Waals surface area contributed by atoms with Gasteiger partial charge in [-0.15, -0.1) is 0 Å². The molecule has 1 aromatic carbocycles. The summed E-state index contributed by atoms with van der Waals surface area (Å²) < 4.78 is 0. The predicted octanol–water partition coefficient (Wildman–Crippen LogP) is 1.96. The Kier molecular flexibility index (Phi) is 3.21. The van der Waals surface area contributed by atoms with Crippen molar-refractivity contribution in [2.45, 2.75) is 18.9 Å². The first-order valence-electron chi connectivity index (χ1n) is 6.35. The molecule has 19 heavy (non-hydrogen) atoms. The fraction of sp³-hybridized carbons (Fsp3) is 0.357. The van der Waals surface area contributed by atoms with E-state index >= 15 is 0 Å². The van der Waals surface area contributed by atoms with Gasteiger partial charge in [-0.1, -0.05) is 17.7 Å². The van der Waals surface area contributed by atoms with Crippen LogP contribution in [-0.2, 0) is 11.2 Å². The molecule has 0 aliphatic carbocycles. The van der Waals surface area contributed by atoms with Crippen LogP contribution < -0.4 is 0 Å². The third kappa shape index (κ3) is 2.11. The molecule has 5 heteroatoms. The molecule has 1 fully saturated rings. The summed E-state index contributed by atoms with van der Waals surface area (Å²) in [5.74, 6) is 0.0473. The molecular formula is C14H15ClN2O2. The zero-order valence-electron chi connectivity index (χ0n) is 10.4. The monoisotopic (exact) mass is 278 g/mol. The van der Waals surface area contributed by atoms with E-state index in [1.807, 2.05) is 24.4 Å². The van der Waals surface area contributed by atoms with Crippen molar-refractivity contribution in [2.75, 3.05) is 13.2 Å². The van der Waals surface area contributed by atoms with E-state index in [9.17, 15) is 4.79 Å². The smallest absolute Gasteiger partial charge is 0.227 e. The quantitative estimate of drug-likeness (QED) is 0.902. The molecule has 1 aliphatic heterocycles. The summed E-state index contributed by atoms with van der Waals surface area (Å²) in [4.78, 5) is 17.0. The summed E-state index contributed by atoms with van der Waals surface area (Å²) >= 11 is 6.19. The van der Waals surface area contributed by atoms with Crippen LogP contribution in [0.3, 0.4) is 0 Å². The number of aromatic amines is 1. The van der Waals surface area contributed by atoms with Gasteiger partial charge in [0.1, 0.15) is 0 Å². The van der Waals surface area contributed by atoms with Gasteiger partial charge in [0.2, 0.25) is 5.91 Å². The Labute approximate surface area is 116 Å². The third-order valence-electron chi connectivity index (χ3n) is 3.75. The van der Waals surface area contributed by atoms with E-state index in [4.69, 9.17) is 16.7 Å². The Hall–Kier alpha value is -1.52. The highest BCUT2D eigenvalue weighted by Crippen LogP contribution is 2.28. The molecule has 1 unspecified atom stereocenters. The maximum absolute atomic E-state index is 12.2. The number of carbonyl (C=O) groups is 1. The molecule has 1 aliphatic rings. The van der Waals surface area contributed by atoms with Gasteiger partial charge in [-0.05, 0) is 24.1 Å². The van der Waals surface area contributed by atoms with Gasteiger partial charge in [0.15, 0.2) is 0 Å². The fourth-order valence-electron chi connectivity index (χ4n) is 2.57. The van der Waals surface area contributed by atoms with Crippen molar-refractivity contribution >= 4 is 28.4 Å². The van der Waals surface area contributed by atoms with E-state index in [1.165, 1.54) is 0 Å². The van der Waals surface area contributed by atoms with Gasteiger partial charge in [-0.2, -0.15) is 0 Å². The maximum atomic E-state index is 12.2. The Bertz CT molecular complexity index is 621. The molecule has 0 bridgehead atoms. The average molecular weight is 279 g/mol. The lowest BCUT2D eigenvalue weighted by atomic mass is 10.0. The molecule has 0 saturated carbocycles. The number of amides is 1. The third-order valence-corrected chi connectivity index (χ3v) is 4.07. The maximum Gasteiger partial charge on any atom is 0.227 e. The first-order chi connectivity index (χ1) is 9.20. The zero-order chi connectivity index (χ0) is 13.4. The van der Waals surface area contributed by atoms with E-state index in [0.717, 1.165) is 29.4 Å². The van der Waals surface area contributed by atoms with Crippen LogP contribution in [0, 0.1) is 0 Å². The largest absolute Gasteiger partial charge is 0.394 e. The normalized spacial score (nSPS) is 18.6. The summed E-state index contributed by atoms with van der Waals surface area (Å²) in [6.07, 6.45) is 3.04. The molecular weight excluding hydrogens is 264 g/mol. The molecule has 1 aromatic heterocycles. The van der Waals surface area contributed by atoms with E-state index in [1.54, 1.807) is 4.90 Å². The zero-order valence-corrected chi connectivity index (χ0v) is 11.2. The van der Waals surface area contributed by atoms with E-state index in [0.29, 0.717) is 11.4 Å². The van der Waals surface area contributed by atoms with Crippen molar-refractivity contribution < 1.29 is 9.90 Å². The minimum atomic E-state index is -0.00632. The molecule has 1 amide bonds. The number of nitrogens with one attached hydrogen (secondary N) is 1. The fourth-order valence-corrected chi connectivity index (χ4v) is 2.87. The summed E-state index contributed by atoms with van der Waals surface area (Å²) in [7, 11) is 0. The highest BCUT2D eigenvalue weighted by Gasteiger charge is 2.31. The summed E-state index contributed by atoms with van der Waals surface area (Å²) in [6, 6.07) is 5.64. The van der Waals surface area contributed by atoms with Gasteiger partial charge in [-0.3, -0.25) is 4.79 Å². The Balaban J connectivity index is 1.84. The predicted molar refractivity (Wildman–Crippen MR) is 74.2 cm³/mol. The van der Waals surface area contributed by atoms with Crippen LogP contribution in [0.4, 0.5) is 0 Å². The van der Waals surface area contributed by atoms with Crippen molar-refractivity contribution in [1.29, 1.82) is 0 Å². The minimum Gasteiger partial charge on any atom is -0.394 e. The second-order valence-corrected chi connectivity index (χ2v) is 5.27. The number of carbonyl (C=O) groups excluding carboxylic acids is 1. The molecule has 1 saturated heterocycles. The van der Waals surface area contributed by atoms with Crippen LogP contribution in [0.5, 0.6) is 0 Å². The van der Waals surface area contributed by atoms with Gasteiger partial charge in [0.05, 0.1) is 24.1 Å². The van der Waals surface area contributed by atoms with E-state index < -0.39 is 0 Å². The lowest BCUT2D eigenvalue weighted by Gasteiger charge is -2.40. The van der Waals surface area contributed by atoms with E-state index in [2.05, 4.69) is 4.98 Å². The molecule has 2 heterocycles. The Morgan fingerprint density at radius 2 is 2.37 bits per heavy atom. The number of aliphatic hydroxyl groups excluding tert-OH is 1. The topological polar surface area (TPSA) is 56.3 Å². The number of hydrogen-bond donors (Lipinski definition) is 2. The molecule has 100 valence electrons. The van der Waals surface area contributed by atoms with Crippen LogP contribution in [0.1, 0.15) is 12.0 Å². The van der Waals surface area contributed by atoms with Gasteiger partial charge >= 0.3 is 0 Å². The number of aliphatic hydroxyl groups is 1. The first-order valence-corrected chi connectivity index (χ1v) is 6.73. The number of aromatic nitrogens is 1. The summed E-state index contributed by atoms with van der Waals surface area (Å²) in [5, 5.41) is 10.7. The molecule has 1 atom stereocenters. The second kappa shape index (κ2) is 4.87. The number of nitrogens with zero attached hydrogens (tertiary/aromatic N) is 1. The van der Waals surface area contributed by atoms with Crippen molar-refractivity contribution in [3.63, 3.8) is 0 Å². The summed E-state index contributed by atoms with van der Waals surface area (Å²) in [6.45, 7) is 0.778. The Morgan fingerprint density at radius 3 is 3.05 bits per heavy atom. The molecule has 2 aromatic rings. The SMILES string of the molecule is O=C(Cc1c[nH]c2cccc(Cl)c12)N1CCC1CO. The highest BCUT2D eigenvalue weighted by molar-refractivity contribution is 6.35. The number of hydrogen-bond acceptors (Lipinski definition) is 2. The number of rotatable bonds is 3. The van der Waals surface area contributed by atoms with Crippen LogP contribution in [0.15, 0.2) is 24.4 Å². The number of halogens is 1. The molecule has 3 rings (SSSR count). The standard InChI is InChI=1S/C14H15ClN2O2/c15-11-2-1-3-12-14(11)9(7-16-12)6-13(19)17-5-4-10(17)8-18/h1-3,7,10,16,18H,4-6,8H2. The molecule has 0 radical (unpaired) electrons. The van der Waals surface area contributed by atoms with Crippen LogP contribution >= 0.6 is 11.6 Å². The van der Waals surface area contributed by atoms with Crippen molar-refractivity contribution in [2.24, 2.45) is 0 Å². The second-order valence-electron chi connectivity index (χ2n) is 4.87. The van der Waals surface area contributed by atoms with Crippen molar-refractivity contribution in [3.05, 3.63) is 35.0 Å². The number of fused-ring (bicyclic) bond motifs is 1. The van der Waals surface area contributed by atoms with Gasteiger partial charge in [0, 0.05) is 23.6 Å². The number of H-pyrrole nitrogens is 1. The van der Waals surface area contributed by atoms with Crippen LogP contribution in [-0.4, -0.2) is 40.1 Å². The van der Waals surface area contributed by atoms with Crippen LogP contribution in [0.2, 0.25) is 5.02 Å². The molecule has 2 N–H and O–H groups in total. The molecule has 4 nitrogen and oxygen atoms in total. The van der Waals surface area contributed by atoms with Crippen molar-refractivity contribution in [1.82, 2.24) is 9.88 Å². The van der Waals surface area contributed by atoms with Crippen molar-refractivity contribution in [3.8, 4) is 0 Å². The average Bonchev–Trinajstić information content (AvgIpc) is 2.73.